The zero-order valence-electron chi connectivity index (χ0n) is 18.4. The number of phenolic OH excluding ortho intramolecular Hbond substituents is 1. The third-order valence-electron chi connectivity index (χ3n) is 3.77. The van der Waals surface area contributed by atoms with E-state index < -0.39 is 24.0 Å². The molecule has 2 unspecified atom stereocenters. The van der Waals surface area contributed by atoms with Crippen LogP contribution in [0.2, 0.25) is 0 Å². The summed E-state index contributed by atoms with van der Waals surface area (Å²) >= 11 is 0. The normalized spacial score (nSPS) is 11.9. The van der Waals surface area contributed by atoms with Crippen molar-refractivity contribution in [1.29, 1.82) is 0 Å². The fourth-order valence-electron chi connectivity index (χ4n) is 1.83. The Morgan fingerprint density at radius 1 is 0.781 bits per heavy atom. The number of aliphatic carboxylic acids is 2. The zero-order chi connectivity index (χ0) is 24.8. The minimum Gasteiger partial charge on any atom is -0.508 e. The SMILES string of the molecule is NC(CCSSCCC(N)C(=O)O)C(=O)O.NCCCCN.NCCc1ccc(O)cc1. The number of unbranched alkanes of at least 4 members (excludes halogenated alkanes) is 1. The standard InChI is InChI=1S/C8H16N2O4S2.C8H11NO.C4H12N2/c9-5(7(11)12)1-3-15-16-4-2-6(10)8(13)14;9-6-5-7-1-3-8(10)4-2-7;5-3-1-2-4-6/h5-6H,1-4,9-10H2,(H,11,12)(H,13,14);1-4,10H,5-6,9H2;1-6H2. The van der Waals surface area contributed by atoms with Gasteiger partial charge in [-0.1, -0.05) is 33.7 Å². The van der Waals surface area contributed by atoms with Gasteiger partial charge in [0.15, 0.2) is 0 Å². The smallest absolute Gasteiger partial charge is 0.320 e. The van der Waals surface area contributed by atoms with Crippen molar-refractivity contribution in [3.05, 3.63) is 29.8 Å². The van der Waals surface area contributed by atoms with E-state index in [0.717, 1.165) is 32.4 Å². The van der Waals surface area contributed by atoms with Crippen molar-refractivity contribution < 1.29 is 24.9 Å². The van der Waals surface area contributed by atoms with Gasteiger partial charge in [0.05, 0.1) is 0 Å². The average molecular weight is 494 g/mol. The first kappa shape index (κ1) is 32.6. The molecular weight excluding hydrogens is 454 g/mol. The summed E-state index contributed by atoms with van der Waals surface area (Å²) in [6, 6.07) is 5.45. The van der Waals surface area contributed by atoms with Crippen LogP contribution in [0, 0.1) is 0 Å². The number of benzene rings is 1. The van der Waals surface area contributed by atoms with E-state index in [-0.39, 0.29) is 0 Å². The molecule has 1 aromatic carbocycles. The third-order valence-corrected chi connectivity index (χ3v) is 6.24. The lowest BCUT2D eigenvalue weighted by Gasteiger charge is -2.06. The van der Waals surface area contributed by atoms with Crippen molar-refractivity contribution in [2.75, 3.05) is 31.1 Å². The Balaban J connectivity index is 0. The molecule has 12 heteroatoms. The lowest BCUT2D eigenvalue weighted by Crippen LogP contribution is -2.30. The molecule has 0 saturated heterocycles. The maximum absolute atomic E-state index is 10.4. The van der Waals surface area contributed by atoms with Crippen molar-refractivity contribution in [2.24, 2.45) is 28.7 Å². The summed E-state index contributed by atoms with van der Waals surface area (Å²) in [7, 11) is 2.96. The molecule has 13 N–H and O–H groups in total. The molecular formula is C20H39N5O5S2. The van der Waals surface area contributed by atoms with E-state index in [2.05, 4.69) is 0 Å². The number of hydrogen-bond acceptors (Lipinski definition) is 10. The molecule has 32 heavy (non-hydrogen) atoms. The van der Waals surface area contributed by atoms with E-state index in [1.54, 1.807) is 12.1 Å². The van der Waals surface area contributed by atoms with E-state index in [1.165, 1.54) is 27.2 Å². The lowest BCUT2D eigenvalue weighted by molar-refractivity contribution is -0.139. The van der Waals surface area contributed by atoms with Gasteiger partial charge in [0.25, 0.3) is 0 Å². The van der Waals surface area contributed by atoms with Crippen LogP contribution >= 0.6 is 21.6 Å². The number of phenols is 1. The van der Waals surface area contributed by atoms with E-state index in [9.17, 15) is 9.59 Å². The highest BCUT2D eigenvalue weighted by Crippen LogP contribution is 2.23. The van der Waals surface area contributed by atoms with Gasteiger partial charge in [0.2, 0.25) is 0 Å². The molecule has 0 aliphatic heterocycles. The molecule has 2 atom stereocenters. The Kier molecular flexibility index (Phi) is 23.1. The first-order chi connectivity index (χ1) is 15.2. The van der Waals surface area contributed by atoms with Crippen LogP contribution in [0.1, 0.15) is 31.2 Å². The molecule has 0 aliphatic rings. The van der Waals surface area contributed by atoms with Crippen molar-refractivity contribution in [3.63, 3.8) is 0 Å². The van der Waals surface area contributed by atoms with Gasteiger partial charge in [-0.05, 0) is 69.4 Å². The fourth-order valence-corrected chi connectivity index (χ4v) is 4.05. The Bertz CT molecular complexity index is 568. The van der Waals surface area contributed by atoms with Crippen molar-refractivity contribution in [1.82, 2.24) is 0 Å². The number of carboxylic acid groups (broad SMARTS) is 2. The van der Waals surface area contributed by atoms with Crippen LogP contribution in [0.3, 0.4) is 0 Å². The molecule has 1 rings (SSSR count). The number of rotatable bonds is 14. The van der Waals surface area contributed by atoms with Gasteiger partial charge in [-0.2, -0.15) is 0 Å². The second-order valence-corrected chi connectivity index (χ2v) is 9.30. The Labute approximate surface area is 198 Å². The van der Waals surface area contributed by atoms with Crippen molar-refractivity contribution >= 4 is 33.5 Å². The third kappa shape index (κ3) is 21.7. The van der Waals surface area contributed by atoms with Gasteiger partial charge in [-0.3, -0.25) is 9.59 Å². The molecule has 0 saturated carbocycles. The molecule has 0 bridgehead atoms. The summed E-state index contributed by atoms with van der Waals surface area (Å²) in [6.07, 6.45) is 3.81. The molecule has 1 aromatic rings. The molecule has 186 valence electrons. The summed E-state index contributed by atoms with van der Waals surface area (Å²) in [4.78, 5) is 20.7. The Morgan fingerprint density at radius 3 is 1.50 bits per heavy atom. The maximum Gasteiger partial charge on any atom is 0.320 e. The van der Waals surface area contributed by atoms with Crippen molar-refractivity contribution in [3.8, 4) is 5.75 Å². The summed E-state index contributed by atoms with van der Waals surface area (Å²) in [5, 5.41) is 25.9. The minimum atomic E-state index is -1.00. The number of aromatic hydroxyl groups is 1. The fraction of sp³-hybridized carbons (Fsp3) is 0.600. The van der Waals surface area contributed by atoms with E-state index in [0.29, 0.717) is 36.6 Å². The van der Waals surface area contributed by atoms with Crippen LogP contribution in [0.25, 0.3) is 0 Å². The zero-order valence-corrected chi connectivity index (χ0v) is 20.0. The molecule has 0 aromatic heterocycles. The van der Waals surface area contributed by atoms with Gasteiger partial charge in [0, 0.05) is 11.5 Å². The predicted molar refractivity (Wildman–Crippen MR) is 134 cm³/mol. The van der Waals surface area contributed by atoms with E-state index in [4.69, 9.17) is 44.0 Å². The summed E-state index contributed by atoms with van der Waals surface area (Å²) in [6.45, 7) is 2.21. The summed E-state index contributed by atoms with van der Waals surface area (Å²) < 4.78 is 0. The van der Waals surface area contributed by atoms with Crippen LogP contribution < -0.4 is 28.7 Å². The molecule has 0 amide bonds. The topological polar surface area (TPSA) is 225 Å². The highest BCUT2D eigenvalue weighted by molar-refractivity contribution is 8.76. The van der Waals surface area contributed by atoms with E-state index >= 15 is 0 Å². The summed E-state index contributed by atoms with van der Waals surface area (Å²) in [5.74, 6) is -0.446. The van der Waals surface area contributed by atoms with E-state index in [1.807, 2.05) is 12.1 Å². The Morgan fingerprint density at radius 2 is 1.19 bits per heavy atom. The quantitative estimate of drug-likeness (QED) is 0.131. The first-order valence-electron chi connectivity index (χ1n) is 10.3. The van der Waals surface area contributed by atoms with Gasteiger partial charge >= 0.3 is 11.9 Å². The van der Waals surface area contributed by atoms with Gasteiger partial charge in [0.1, 0.15) is 17.8 Å². The van der Waals surface area contributed by atoms with Crippen molar-refractivity contribution in [2.45, 2.75) is 44.2 Å². The summed E-state index contributed by atoms with van der Waals surface area (Å²) in [5.41, 5.74) is 27.4. The van der Waals surface area contributed by atoms with Crippen LogP contribution in [-0.2, 0) is 16.0 Å². The molecule has 0 spiro atoms. The molecule has 10 nitrogen and oxygen atoms in total. The second kappa shape index (κ2) is 22.6. The van der Waals surface area contributed by atoms with Gasteiger partial charge in [-0.15, -0.1) is 0 Å². The van der Waals surface area contributed by atoms with Crippen LogP contribution in [0.5, 0.6) is 5.75 Å². The van der Waals surface area contributed by atoms with Gasteiger partial charge in [-0.25, -0.2) is 0 Å². The average Bonchev–Trinajstić information content (AvgIpc) is 2.76. The largest absolute Gasteiger partial charge is 0.508 e. The minimum absolute atomic E-state index is 0.306. The maximum atomic E-state index is 10.4. The number of hydrogen-bond donors (Lipinski definition) is 8. The predicted octanol–water partition coefficient (Wildman–Crippen LogP) is 0.549. The van der Waals surface area contributed by atoms with Gasteiger partial charge < -0.3 is 44.0 Å². The van der Waals surface area contributed by atoms with Crippen LogP contribution in [0.4, 0.5) is 0 Å². The monoisotopic (exact) mass is 493 g/mol. The first-order valence-corrected chi connectivity index (χ1v) is 12.8. The number of carboxylic acids is 2. The highest BCUT2D eigenvalue weighted by atomic mass is 33.1. The van der Waals surface area contributed by atoms with Crippen LogP contribution in [0.15, 0.2) is 24.3 Å². The highest BCUT2D eigenvalue weighted by Gasteiger charge is 2.12. The molecule has 0 radical (unpaired) electrons. The molecule has 0 aliphatic carbocycles. The Hall–Kier alpha value is -1.54. The molecule has 0 fully saturated rings. The molecule has 0 heterocycles. The second-order valence-electron chi connectivity index (χ2n) is 6.60. The van der Waals surface area contributed by atoms with Crippen LogP contribution in [-0.4, -0.2) is 70.5 Å². The number of carbonyl (C=O) groups is 2. The lowest BCUT2D eigenvalue weighted by atomic mass is 10.1. The number of nitrogens with two attached hydrogens (primary N) is 5.